The highest BCUT2D eigenvalue weighted by Crippen LogP contribution is 2.42. The van der Waals surface area contributed by atoms with Crippen molar-refractivity contribution in [2.75, 3.05) is 26.2 Å². The third-order valence-corrected chi connectivity index (χ3v) is 21.0. The number of benzene rings is 5. The number of H-pyrrole nitrogens is 1. The molecule has 0 aliphatic carbocycles. The second-order valence-electron chi connectivity index (χ2n) is 23.0. The van der Waals surface area contributed by atoms with Gasteiger partial charge in [0.1, 0.15) is 11.4 Å². The smallest absolute Gasteiger partial charge is 0.410 e. The van der Waals surface area contributed by atoms with E-state index in [0.717, 1.165) is 47.8 Å². The number of pyridine rings is 1. The first-order valence-electron chi connectivity index (χ1n) is 26.7. The normalized spacial score (nSPS) is 14.9. The number of nitrogens with one attached hydrogen (secondary N) is 1. The minimum Gasteiger partial charge on any atom is -0.506 e. The molecule has 1 amide bonds. The molecule has 8 rings (SSSR count). The molecule has 5 aromatic carbocycles. The van der Waals surface area contributed by atoms with Gasteiger partial charge in [-0.05, 0) is 147 Å². The van der Waals surface area contributed by atoms with Gasteiger partial charge in [0, 0.05) is 51.8 Å². The molecule has 0 bridgehead atoms. The number of piperidine rings is 1. The number of hydrogen-bond acceptors (Lipinski definition) is 11. The lowest BCUT2D eigenvalue weighted by Gasteiger charge is -2.41. The van der Waals surface area contributed by atoms with E-state index in [2.05, 4.69) is 68.0 Å². The van der Waals surface area contributed by atoms with E-state index >= 15 is 0 Å². The molecule has 1 saturated heterocycles. The number of nitrogens with zero attached hydrogens (tertiary/aromatic N) is 2. The van der Waals surface area contributed by atoms with Crippen molar-refractivity contribution in [3.05, 3.63) is 193 Å². The molecule has 1 aliphatic rings. The van der Waals surface area contributed by atoms with E-state index in [1.54, 1.807) is 86.3 Å². The maximum absolute atomic E-state index is 14.1. The zero-order chi connectivity index (χ0) is 56.0. The van der Waals surface area contributed by atoms with E-state index in [1.807, 2.05) is 42.5 Å². The maximum Gasteiger partial charge on any atom is 0.410 e. The molecular formula is C63H72ClN3O9SSi. The number of carbonyl (C=O) groups is 3. The number of likely N-dealkylation sites (tertiary alicyclic amines) is 1. The van der Waals surface area contributed by atoms with Gasteiger partial charge in [0.15, 0.2) is 14.1 Å². The molecule has 3 heterocycles. The van der Waals surface area contributed by atoms with Crippen LogP contribution in [0.3, 0.4) is 0 Å². The molecule has 0 saturated carbocycles. The zero-order valence-corrected chi connectivity index (χ0v) is 48.5. The SMILES string of the molecule is CC(C)(C)OC(=O)N(Cc1ccc(C(=O)CCc2ccc(-c3cccc([C@](O)(C(=O)OCC4CCN(Cc5ccccc5)CC4)c4ccccc4)c3)s2)c(Cl)c1)C[C@H](O[Si](C)(C)C(C)(C)C)c1ccc(O)c2[nH]c(=O)ccc12. The van der Waals surface area contributed by atoms with Gasteiger partial charge in [0.25, 0.3) is 0 Å². The lowest BCUT2D eigenvalue weighted by molar-refractivity contribution is -0.164. The number of aryl methyl sites for hydroxylation is 1. The van der Waals surface area contributed by atoms with Crippen molar-refractivity contribution >= 4 is 60.0 Å². The molecule has 15 heteroatoms. The number of carbonyl (C=O) groups excluding carboxylic acids is 3. The van der Waals surface area contributed by atoms with Crippen molar-refractivity contribution in [3.8, 4) is 16.2 Å². The Bertz CT molecular complexity index is 3290. The molecule has 1 fully saturated rings. The predicted octanol–water partition coefficient (Wildman–Crippen LogP) is 13.6. The van der Waals surface area contributed by atoms with Crippen LogP contribution in [0.5, 0.6) is 5.75 Å². The fourth-order valence-corrected chi connectivity index (χ4v) is 12.2. The van der Waals surface area contributed by atoms with Crippen molar-refractivity contribution < 1.29 is 38.5 Å². The van der Waals surface area contributed by atoms with E-state index in [0.29, 0.717) is 39.6 Å². The van der Waals surface area contributed by atoms with Crippen molar-refractivity contribution in [1.29, 1.82) is 0 Å². The molecule has 7 aromatic rings. The summed E-state index contributed by atoms with van der Waals surface area (Å²) >= 11 is 8.45. The summed E-state index contributed by atoms with van der Waals surface area (Å²) in [6.07, 6.45) is 1.16. The number of halogens is 1. The zero-order valence-electron chi connectivity index (χ0n) is 45.9. The average Bonchev–Trinajstić information content (AvgIpc) is 3.94. The van der Waals surface area contributed by atoms with Gasteiger partial charge in [-0.25, -0.2) is 9.59 Å². The van der Waals surface area contributed by atoms with E-state index in [9.17, 15) is 29.4 Å². The van der Waals surface area contributed by atoms with Crippen LogP contribution in [-0.2, 0) is 43.8 Å². The molecule has 78 heavy (non-hydrogen) atoms. The highest BCUT2D eigenvalue weighted by molar-refractivity contribution is 7.15. The van der Waals surface area contributed by atoms with Gasteiger partial charge in [-0.15, -0.1) is 11.3 Å². The Balaban J connectivity index is 0.946. The number of Topliss-reactive ketones (excluding diaryl/α,β-unsaturated/α-hetero) is 1. The van der Waals surface area contributed by atoms with Gasteiger partial charge < -0.3 is 34.0 Å². The van der Waals surface area contributed by atoms with E-state index < -0.39 is 37.7 Å². The Hall–Kier alpha value is -6.39. The standard InChI is InChI=1S/C63H72ClN3O9SSi/c1-61(2,3)75-60(72)67(40-55(76-78(7,8)62(4,5)6)49-26-29-54(69)58-50(49)27-31-57(70)65-58)39-44-22-25-51(52(64)36-44)53(68)28-23-48-24-30-56(77-48)45-18-15-21-47(37-45)63(73,46-19-13-10-14-20-46)59(71)74-41-43-32-34-66(35-33-43)38-42-16-11-9-12-17-42/h9-22,24-27,29-31,36-37,43,55,69,73H,23,28,32-35,38-41H2,1-8H3,(H,65,70)/t55-,63-/m0/s1. The Morgan fingerprint density at radius 2 is 1.51 bits per heavy atom. The van der Waals surface area contributed by atoms with Crippen molar-refractivity contribution in [2.45, 2.75) is 116 Å². The summed E-state index contributed by atoms with van der Waals surface area (Å²) in [5, 5.41) is 23.9. The number of aromatic nitrogens is 1. The summed E-state index contributed by atoms with van der Waals surface area (Å²) in [4.78, 5) is 63.2. The second-order valence-corrected chi connectivity index (χ2v) is 29.3. The van der Waals surface area contributed by atoms with Gasteiger partial charge in [0.2, 0.25) is 11.2 Å². The molecule has 12 nitrogen and oxygen atoms in total. The number of phenolic OH excluding ortho intramolecular Hbond substituents is 1. The monoisotopic (exact) mass is 1110 g/mol. The van der Waals surface area contributed by atoms with E-state index in [1.165, 1.54) is 29.0 Å². The number of aromatic amines is 1. The van der Waals surface area contributed by atoms with Gasteiger partial charge in [-0.3, -0.25) is 14.5 Å². The number of aromatic hydroxyl groups is 1. The van der Waals surface area contributed by atoms with Gasteiger partial charge in [0.05, 0.1) is 29.8 Å². The first-order chi connectivity index (χ1) is 37.0. The van der Waals surface area contributed by atoms with Gasteiger partial charge in [-0.2, -0.15) is 0 Å². The number of phenols is 1. The highest BCUT2D eigenvalue weighted by atomic mass is 35.5. The first-order valence-corrected chi connectivity index (χ1v) is 30.8. The quantitative estimate of drug-likeness (QED) is 0.0404. The number of fused-ring (bicyclic) bond motifs is 1. The van der Waals surface area contributed by atoms with E-state index in [4.69, 9.17) is 25.5 Å². The summed E-state index contributed by atoms with van der Waals surface area (Å²) < 4.78 is 19.0. The van der Waals surface area contributed by atoms with Gasteiger partial charge in [-0.1, -0.05) is 123 Å². The number of rotatable bonds is 19. The second kappa shape index (κ2) is 24.3. The summed E-state index contributed by atoms with van der Waals surface area (Å²) in [6, 6.07) is 42.2. The van der Waals surface area contributed by atoms with Gasteiger partial charge >= 0.3 is 12.1 Å². The fraction of sp³-hybridized carbons (Fsp3) is 0.365. The number of ketones is 1. The van der Waals surface area contributed by atoms with Crippen LogP contribution in [0.1, 0.15) is 110 Å². The van der Waals surface area contributed by atoms with Crippen molar-refractivity contribution in [3.63, 3.8) is 0 Å². The average molecular weight is 1110 g/mol. The Kier molecular flexibility index (Phi) is 18.0. The molecule has 2 atom stereocenters. The highest BCUT2D eigenvalue weighted by Gasteiger charge is 2.43. The number of amides is 1. The number of esters is 1. The Morgan fingerprint density at radius 3 is 2.19 bits per heavy atom. The third kappa shape index (κ3) is 14.1. The number of hydrogen-bond donors (Lipinski definition) is 3. The molecule has 410 valence electrons. The predicted molar refractivity (Wildman–Crippen MR) is 313 cm³/mol. The topological polar surface area (TPSA) is 159 Å². The largest absolute Gasteiger partial charge is 0.506 e. The van der Waals surface area contributed by atoms with Crippen molar-refractivity contribution in [1.82, 2.24) is 14.8 Å². The van der Waals surface area contributed by atoms with Crippen LogP contribution >= 0.6 is 22.9 Å². The van der Waals surface area contributed by atoms with Crippen LogP contribution in [0.4, 0.5) is 4.79 Å². The molecule has 3 N–H and O–H groups in total. The number of thiophene rings is 1. The lowest BCUT2D eigenvalue weighted by atomic mass is 9.85. The molecular weight excluding hydrogens is 1040 g/mol. The van der Waals surface area contributed by atoms with Crippen LogP contribution in [0.25, 0.3) is 21.3 Å². The summed E-state index contributed by atoms with van der Waals surface area (Å²) in [5.74, 6) is -0.748. The fourth-order valence-electron chi connectivity index (χ4n) is 9.57. The minimum atomic E-state index is -2.52. The van der Waals surface area contributed by atoms with Crippen LogP contribution < -0.4 is 5.56 Å². The molecule has 0 spiro atoms. The molecule has 0 unspecified atom stereocenters. The summed E-state index contributed by atoms with van der Waals surface area (Å²) in [7, 11) is -2.52. The molecule has 0 radical (unpaired) electrons. The molecule has 2 aromatic heterocycles. The Morgan fingerprint density at radius 1 is 0.821 bits per heavy atom. The van der Waals surface area contributed by atoms with Crippen LogP contribution in [0.2, 0.25) is 23.2 Å². The van der Waals surface area contributed by atoms with Crippen LogP contribution in [0.15, 0.2) is 144 Å². The summed E-state index contributed by atoms with van der Waals surface area (Å²) in [6.45, 7) is 19.1. The van der Waals surface area contributed by atoms with E-state index in [-0.39, 0.29) is 64.7 Å². The van der Waals surface area contributed by atoms with Crippen LogP contribution in [-0.4, -0.2) is 83.0 Å². The first kappa shape index (κ1) is 57.8. The summed E-state index contributed by atoms with van der Waals surface area (Å²) in [5.41, 5.74) is 1.67. The maximum atomic E-state index is 14.1. The third-order valence-electron chi connectivity index (χ3n) is 15.0. The molecule has 1 aliphatic heterocycles. The number of ether oxygens (including phenoxy) is 2. The lowest BCUT2D eigenvalue weighted by Crippen LogP contribution is -2.45. The van der Waals surface area contributed by atoms with Crippen molar-refractivity contribution in [2.24, 2.45) is 5.92 Å². The Labute approximate surface area is 468 Å². The number of aliphatic hydroxyl groups is 1. The minimum absolute atomic E-state index is 0.0578. The van der Waals surface area contributed by atoms with Crippen LogP contribution in [0, 0.1) is 5.92 Å².